The normalized spacial score (nSPS) is 23.5. The average molecular weight is 644 g/mol. The molecule has 3 fully saturated rings. The third kappa shape index (κ3) is 5.43. The summed E-state index contributed by atoms with van der Waals surface area (Å²) in [7, 11) is 4.26. The molecule has 1 spiro atoms. The van der Waals surface area contributed by atoms with Crippen LogP contribution in [0.5, 0.6) is 6.01 Å². The average Bonchev–Trinajstić information content (AvgIpc) is 3.73. The number of ether oxygens (including phenoxy) is 1. The fourth-order valence-corrected chi connectivity index (χ4v) is 8.43. The van der Waals surface area contributed by atoms with Crippen LogP contribution in [0.15, 0.2) is 48.8 Å². The van der Waals surface area contributed by atoms with Crippen molar-refractivity contribution in [3.63, 3.8) is 0 Å². The Kier molecular flexibility index (Phi) is 8.02. The van der Waals surface area contributed by atoms with Crippen molar-refractivity contribution in [2.24, 2.45) is 5.41 Å². The van der Waals surface area contributed by atoms with Crippen LogP contribution >= 0.6 is 11.6 Å². The summed E-state index contributed by atoms with van der Waals surface area (Å²) in [6.45, 7) is 13.2. The van der Waals surface area contributed by atoms with E-state index >= 15 is 0 Å². The van der Waals surface area contributed by atoms with Gasteiger partial charge in [0.2, 0.25) is 6.54 Å². The van der Waals surface area contributed by atoms with E-state index in [-0.39, 0.29) is 19.2 Å². The first-order valence-corrected chi connectivity index (χ1v) is 16.5. The topological polar surface area (TPSA) is 69.4 Å². The SMILES string of the molecule is [C-]#[N+]CC1CN(c2nc(O[C@@H]3CCC4(CC4)[C@H]3N(C)C)nc3c2CCN(c2cccc4cccc(Cl)c24)C3)CCN1C(=O)C(=C)F. The predicted octanol–water partition coefficient (Wildman–Crippen LogP) is 5.52. The number of rotatable bonds is 7. The highest BCUT2D eigenvalue weighted by Gasteiger charge is 2.58. The van der Waals surface area contributed by atoms with Crippen molar-refractivity contribution in [1.82, 2.24) is 19.8 Å². The molecule has 3 aromatic rings. The molecule has 3 atom stereocenters. The molecular weight excluding hydrogens is 605 g/mol. The van der Waals surface area contributed by atoms with E-state index in [1.165, 1.54) is 17.7 Å². The lowest BCUT2D eigenvalue weighted by molar-refractivity contribution is -0.131. The predicted molar refractivity (Wildman–Crippen MR) is 178 cm³/mol. The van der Waals surface area contributed by atoms with E-state index in [1.807, 2.05) is 12.1 Å². The van der Waals surface area contributed by atoms with E-state index in [0.29, 0.717) is 48.5 Å². The lowest BCUT2D eigenvalue weighted by Crippen LogP contribution is -2.57. The molecule has 9 nitrogen and oxygen atoms in total. The molecule has 1 aromatic heterocycles. The maximum atomic E-state index is 13.9. The van der Waals surface area contributed by atoms with Crippen LogP contribution in [0, 0.1) is 12.0 Å². The number of hydrogen-bond donors (Lipinski definition) is 0. The number of benzene rings is 2. The van der Waals surface area contributed by atoms with Gasteiger partial charge in [-0.25, -0.2) is 11.0 Å². The maximum Gasteiger partial charge on any atom is 0.319 e. The lowest BCUT2D eigenvalue weighted by atomic mass is 9.99. The van der Waals surface area contributed by atoms with Gasteiger partial charge in [-0.05, 0) is 69.1 Å². The van der Waals surface area contributed by atoms with Crippen molar-refractivity contribution >= 4 is 39.8 Å². The monoisotopic (exact) mass is 643 g/mol. The van der Waals surface area contributed by atoms with Crippen molar-refractivity contribution in [2.75, 3.05) is 56.6 Å². The van der Waals surface area contributed by atoms with Crippen LogP contribution in [-0.4, -0.2) is 90.7 Å². The summed E-state index contributed by atoms with van der Waals surface area (Å²) in [5.74, 6) is -0.985. The molecular formula is C35H39ClFN7O2. The second kappa shape index (κ2) is 12.0. The van der Waals surface area contributed by atoms with Gasteiger partial charge in [0.1, 0.15) is 18.0 Å². The molecule has 0 radical (unpaired) electrons. The number of halogens is 2. The van der Waals surface area contributed by atoms with Gasteiger partial charge in [-0.3, -0.25) is 4.79 Å². The minimum atomic E-state index is -1.01. The van der Waals surface area contributed by atoms with Gasteiger partial charge >= 0.3 is 6.01 Å². The molecule has 46 heavy (non-hydrogen) atoms. The molecule has 1 unspecified atom stereocenters. The molecule has 0 N–H and O–H groups in total. The van der Waals surface area contributed by atoms with Gasteiger partial charge in [0, 0.05) is 42.8 Å². The molecule has 2 aliphatic heterocycles. The maximum absolute atomic E-state index is 13.9. The molecule has 3 heterocycles. The lowest BCUT2D eigenvalue weighted by Gasteiger charge is -2.41. The zero-order valence-corrected chi connectivity index (χ0v) is 27.1. The van der Waals surface area contributed by atoms with Gasteiger partial charge in [0.25, 0.3) is 5.91 Å². The van der Waals surface area contributed by atoms with E-state index in [4.69, 9.17) is 32.9 Å². The molecule has 2 aromatic carbocycles. The number of hydrogen-bond acceptors (Lipinski definition) is 7. The molecule has 2 aliphatic carbocycles. The molecule has 0 bridgehead atoms. The second-order valence-electron chi connectivity index (χ2n) is 13.4. The first-order chi connectivity index (χ1) is 22.2. The molecule has 1 amide bonds. The summed E-state index contributed by atoms with van der Waals surface area (Å²) >= 11 is 6.73. The Hall–Kier alpha value is -3.94. The van der Waals surface area contributed by atoms with Crippen LogP contribution in [0.2, 0.25) is 5.02 Å². The molecule has 1 saturated heterocycles. The fraction of sp³-hybridized carbons (Fsp3) is 0.486. The summed E-state index contributed by atoms with van der Waals surface area (Å²) in [6.07, 6.45) is 5.24. The molecule has 11 heteroatoms. The van der Waals surface area contributed by atoms with Gasteiger partial charge in [0.15, 0.2) is 5.83 Å². The Labute approximate surface area is 274 Å². The number of anilines is 2. The minimum absolute atomic E-state index is 0.0140. The van der Waals surface area contributed by atoms with Crippen molar-refractivity contribution in [3.8, 4) is 6.01 Å². The quantitative estimate of drug-likeness (QED) is 0.248. The Morgan fingerprint density at radius 1 is 1.15 bits per heavy atom. The molecule has 240 valence electrons. The van der Waals surface area contributed by atoms with Gasteiger partial charge in [-0.1, -0.05) is 42.4 Å². The number of carbonyl (C=O) groups excluding carboxylic acids is 1. The highest BCUT2D eigenvalue weighted by atomic mass is 35.5. The Morgan fingerprint density at radius 3 is 2.65 bits per heavy atom. The number of aromatic nitrogens is 2. The molecule has 7 rings (SSSR count). The van der Waals surface area contributed by atoms with Gasteiger partial charge < -0.3 is 29.2 Å². The van der Waals surface area contributed by atoms with Crippen molar-refractivity contribution < 1.29 is 13.9 Å². The van der Waals surface area contributed by atoms with E-state index in [1.54, 1.807) is 0 Å². The number of amides is 1. The first-order valence-electron chi connectivity index (χ1n) is 16.1. The number of piperazine rings is 1. The highest BCUT2D eigenvalue weighted by molar-refractivity contribution is 6.36. The van der Waals surface area contributed by atoms with Crippen LogP contribution in [0.1, 0.15) is 36.9 Å². The van der Waals surface area contributed by atoms with E-state index in [2.05, 4.69) is 64.5 Å². The summed E-state index contributed by atoms with van der Waals surface area (Å²) in [5, 5.41) is 2.82. The zero-order valence-electron chi connectivity index (χ0n) is 26.4. The van der Waals surface area contributed by atoms with Crippen LogP contribution in [0.25, 0.3) is 15.6 Å². The molecule has 4 aliphatic rings. The summed E-state index contributed by atoms with van der Waals surface area (Å²) in [5.41, 5.74) is 3.33. The Balaban J connectivity index is 1.25. The summed E-state index contributed by atoms with van der Waals surface area (Å²) in [6, 6.07) is 12.4. The number of likely N-dealkylation sites (N-methyl/N-ethyl adjacent to an activating group) is 1. The number of carbonyl (C=O) groups is 1. The van der Waals surface area contributed by atoms with E-state index in [9.17, 15) is 9.18 Å². The zero-order chi connectivity index (χ0) is 32.2. The third-order valence-corrected chi connectivity index (χ3v) is 10.7. The van der Waals surface area contributed by atoms with Crippen LogP contribution in [0.3, 0.4) is 0 Å². The van der Waals surface area contributed by atoms with Crippen LogP contribution < -0.4 is 14.5 Å². The third-order valence-electron chi connectivity index (χ3n) is 10.4. The summed E-state index contributed by atoms with van der Waals surface area (Å²) < 4.78 is 20.6. The van der Waals surface area contributed by atoms with Crippen molar-refractivity contribution in [2.45, 2.75) is 56.8 Å². The van der Waals surface area contributed by atoms with E-state index in [0.717, 1.165) is 52.9 Å². The largest absolute Gasteiger partial charge is 0.458 e. The van der Waals surface area contributed by atoms with Crippen molar-refractivity contribution in [1.29, 1.82) is 0 Å². The number of nitrogens with zero attached hydrogens (tertiary/aromatic N) is 7. The second-order valence-corrected chi connectivity index (χ2v) is 13.8. The van der Waals surface area contributed by atoms with Crippen LogP contribution in [-0.2, 0) is 17.8 Å². The van der Waals surface area contributed by atoms with E-state index < -0.39 is 17.8 Å². The molecule has 2 saturated carbocycles. The first kappa shape index (κ1) is 30.7. The standard InChI is InChI=1S/C35H39ClFN7O2/c1-22(37)33(45)44-18-17-43(20-24(44)19-38-2)32-25-12-16-42(28-10-6-8-23-7-5-9-26(36)30(23)28)21-27(25)39-34(40-32)46-29-11-13-35(14-15-35)31(29)41(3)4/h5-10,24,29,31H,1,11-21H2,3-4H3/t24?,29-,31+/m1/s1. The minimum Gasteiger partial charge on any atom is -0.458 e. The van der Waals surface area contributed by atoms with Crippen molar-refractivity contribution in [3.05, 3.63) is 76.5 Å². The highest BCUT2D eigenvalue weighted by Crippen LogP contribution is 2.59. The Bertz CT molecular complexity index is 1730. The fourth-order valence-electron chi connectivity index (χ4n) is 8.16. The van der Waals surface area contributed by atoms with Crippen LogP contribution in [0.4, 0.5) is 15.9 Å². The summed E-state index contributed by atoms with van der Waals surface area (Å²) in [4.78, 5) is 34.5. The number of fused-ring (bicyclic) bond motifs is 2. The smallest absolute Gasteiger partial charge is 0.319 e. The van der Waals surface area contributed by atoms with Gasteiger partial charge in [0.05, 0.1) is 23.3 Å². The van der Waals surface area contributed by atoms with Gasteiger partial charge in [-0.2, -0.15) is 9.97 Å². The van der Waals surface area contributed by atoms with Gasteiger partial charge in [-0.15, -0.1) is 0 Å². The Morgan fingerprint density at radius 2 is 1.93 bits per heavy atom.